The zero-order chi connectivity index (χ0) is 27.9. The number of hydrogen-bond acceptors (Lipinski definition) is 9. The van der Waals surface area contributed by atoms with Gasteiger partial charge < -0.3 is 29.2 Å². The number of rotatable bonds is 3. The number of esters is 1. The molecule has 0 amide bonds. The molecule has 6 atom stereocenters. The maximum atomic E-state index is 13.4. The molecule has 3 N–H and O–H groups in total. The second-order valence-electron chi connectivity index (χ2n) is 12.0. The summed E-state index contributed by atoms with van der Waals surface area (Å²) in [6.45, 7) is 9.28. The number of carbonyl (C=O) groups excluding carboxylic acids is 2. The van der Waals surface area contributed by atoms with Crippen LogP contribution in [0.1, 0.15) is 97.1 Å². The molecule has 1 aromatic heterocycles. The first kappa shape index (κ1) is 28.7. The molecular formula is C29H41NO8. The third-order valence-electron chi connectivity index (χ3n) is 8.49. The van der Waals surface area contributed by atoms with Crippen LogP contribution < -0.4 is 0 Å². The molecule has 2 saturated heterocycles. The highest BCUT2D eigenvalue weighted by Gasteiger charge is 2.71. The number of Topliss-reactive ketones (excluding diaryl/α,β-unsaturated/α-hetero) is 1. The molecule has 2 aliphatic heterocycles. The Balaban J connectivity index is 1.66. The first-order chi connectivity index (χ1) is 17.8. The second-order valence-corrected chi connectivity index (χ2v) is 12.0. The molecule has 2 aliphatic rings. The van der Waals surface area contributed by atoms with Gasteiger partial charge in [0.1, 0.15) is 23.5 Å². The number of ether oxygens (including phenoxy) is 2. The van der Waals surface area contributed by atoms with Crippen molar-refractivity contribution < 1.29 is 38.8 Å². The highest BCUT2D eigenvalue weighted by atomic mass is 16.8. The normalized spacial score (nSPS) is 35.1. The van der Waals surface area contributed by atoms with Gasteiger partial charge in [0.05, 0.1) is 0 Å². The van der Waals surface area contributed by atoms with Crippen LogP contribution in [0, 0.1) is 17.3 Å². The largest absolute Gasteiger partial charge is 0.454 e. The number of aliphatic hydroxyl groups excluding tert-OH is 2. The van der Waals surface area contributed by atoms with Crippen LogP contribution in [0.25, 0.3) is 11.1 Å². The minimum absolute atomic E-state index is 0.0225. The molecular weight excluding hydrogens is 490 g/mol. The smallest absolute Gasteiger partial charge is 0.306 e. The fourth-order valence-electron chi connectivity index (χ4n) is 5.82. The number of oxazole rings is 1. The highest BCUT2D eigenvalue weighted by molar-refractivity contribution is 5.86. The lowest BCUT2D eigenvalue weighted by molar-refractivity contribution is -0.171. The minimum atomic E-state index is -1.89. The summed E-state index contributed by atoms with van der Waals surface area (Å²) in [5.41, 5.74) is -0.463. The van der Waals surface area contributed by atoms with E-state index in [2.05, 4.69) is 11.9 Å². The van der Waals surface area contributed by atoms with E-state index in [1.54, 1.807) is 25.1 Å². The predicted molar refractivity (Wildman–Crippen MR) is 139 cm³/mol. The fraction of sp³-hybridized carbons (Fsp3) is 0.690. The van der Waals surface area contributed by atoms with Gasteiger partial charge in [-0.3, -0.25) is 9.59 Å². The molecule has 4 rings (SSSR count). The molecule has 9 nitrogen and oxygen atoms in total. The van der Waals surface area contributed by atoms with Gasteiger partial charge in [-0.15, -0.1) is 0 Å². The van der Waals surface area contributed by atoms with Crippen molar-refractivity contribution in [1.29, 1.82) is 0 Å². The van der Waals surface area contributed by atoms with Crippen molar-refractivity contribution in [3.63, 3.8) is 0 Å². The first-order valence-corrected chi connectivity index (χ1v) is 13.7. The molecule has 210 valence electrons. The predicted octanol–water partition coefficient (Wildman–Crippen LogP) is 4.35. The Morgan fingerprint density at radius 2 is 1.89 bits per heavy atom. The number of benzene rings is 1. The van der Waals surface area contributed by atoms with Gasteiger partial charge in [-0.1, -0.05) is 46.6 Å². The number of aromatic nitrogens is 1. The summed E-state index contributed by atoms with van der Waals surface area (Å²) in [6, 6.07) is 4.83. The van der Waals surface area contributed by atoms with Gasteiger partial charge in [0.25, 0.3) is 0 Å². The zero-order valence-corrected chi connectivity index (χ0v) is 23.0. The number of hydrogen-bond donors (Lipinski definition) is 3. The van der Waals surface area contributed by atoms with Crippen LogP contribution in [0.15, 0.2) is 22.6 Å². The number of aliphatic hydroxyl groups is 3. The Labute approximate surface area is 223 Å². The van der Waals surface area contributed by atoms with E-state index in [1.165, 1.54) is 0 Å². The second kappa shape index (κ2) is 10.7. The van der Waals surface area contributed by atoms with Gasteiger partial charge in [0, 0.05) is 17.8 Å². The molecule has 0 radical (unpaired) electrons. The van der Waals surface area contributed by atoms with Crippen LogP contribution in [0.5, 0.6) is 0 Å². The van der Waals surface area contributed by atoms with E-state index in [1.807, 2.05) is 20.8 Å². The summed E-state index contributed by atoms with van der Waals surface area (Å²) >= 11 is 0. The number of nitrogens with zero attached hydrogens (tertiary/aromatic N) is 1. The van der Waals surface area contributed by atoms with Crippen molar-refractivity contribution in [2.24, 2.45) is 17.3 Å². The molecule has 1 aromatic carbocycles. The van der Waals surface area contributed by atoms with Gasteiger partial charge in [-0.05, 0) is 56.2 Å². The Morgan fingerprint density at radius 3 is 2.58 bits per heavy atom. The van der Waals surface area contributed by atoms with Crippen LogP contribution in [-0.2, 0) is 25.7 Å². The van der Waals surface area contributed by atoms with Gasteiger partial charge in [0.15, 0.2) is 17.8 Å². The quantitative estimate of drug-likeness (QED) is 0.389. The summed E-state index contributed by atoms with van der Waals surface area (Å²) in [7, 11) is 0. The van der Waals surface area contributed by atoms with E-state index in [0.717, 1.165) is 25.7 Å². The Morgan fingerprint density at radius 1 is 1.16 bits per heavy atom. The molecule has 0 aliphatic carbocycles. The highest BCUT2D eigenvalue weighted by Crippen LogP contribution is 2.54. The van der Waals surface area contributed by atoms with Gasteiger partial charge in [-0.2, -0.15) is 0 Å². The Bertz CT molecular complexity index is 1170. The maximum absolute atomic E-state index is 13.4. The summed E-state index contributed by atoms with van der Waals surface area (Å²) in [5, 5.41) is 32.1. The van der Waals surface area contributed by atoms with E-state index in [4.69, 9.17) is 13.9 Å². The molecule has 2 aromatic rings. The third-order valence-corrected chi connectivity index (χ3v) is 8.49. The van der Waals surface area contributed by atoms with E-state index >= 15 is 0 Å². The average Bonchev–Trinajstić information content (AvgIpc) is 3.22. The lowest BCUT2D eigenvalue weighted by atomic mass is 9.74. The molecule has 0 saturated carbocycles. The van der Waals surface area contributed by atoms with Crippen LogP contribution >= 0.6 is 0 Å². The standard InChI is InChI=1S/C29H41NO8/c1-6-18-14-17(2)8-7-12-28(5)29(35,38-28)26(34)24(37-23(32)11-13-27(3,4)25(18)33)19-9-10-21-20(15-19)30-22(16-31)36-21/h9-10,15,17-18,24,26,31,34-35H,6-8,11-14,16H2,1-5H3. The molecule has 3 heterocycles. The monoisotopic (exact) mass is 531 g/mol. The summed E-state index contributed by atoms with van der Waals surface area (Å²) in [5.74, 6) is -1.97. The van der Waals surface area contributed by atoms with Gasteiger partial charge in [-0.25, -0.2) is 4.98 Å². The van der Waals surface area contributed by atoms with Crippen LogP contribution in [0.3, 0.4) is 0 Å². The number of cyclic esters (lactones) is 1. The van der Waals surface area contributed by atoms with Crippen LogP contribution in [0.2, 0.25) is 0 Å². The fourth-order valence-corrected chi connectivity index (χ4v) is 5.82. The Kier molecular flexibility index (Phi) is 8.06. The van der Waals surface area contributed by atoms with E-state index in [0.29, 0.717) is 35.4 Å². The third kappa shape index (κ3) is 5.52. The summed E-state index contributed by atoms with van der Waals surface area (Å²) in [4.78, 5) is 30.7. The van der Waals surface area contributed by atoms with E-state index in [-0.39, 0.29) is 30.6 Å². The van der Waals surface area contributed by atoms with Gasteiger partial charge >= 0.3 is 5.97 Å². The SMILES string of the molecule is CCC1CC(C)CCCC2(C)OC2(O)C(O)C(c2ccc3oc(CO)nc3c2)OC(=O)CCC(C)(C)C1=O. The lowest BCUT2D eigenvalue weighted by Gasteiger charge is -2.31. The number of epoxide rings is 1. The van der Waals surface area contributed by atoms with Crippen molar-refractivity contribution in [2.45, 2.75) is 110 Å². The topological polar surface area (TPSA) is 143 Å². The number of ketones is 1. The van der Waals surface area contributed by atoms with E-state index in [9.17, 15) is 24.9 Å². The molecule has 9 heteroatoms. The summed E-state index contributed by atoms with van der Waals surface area (Å²) in [6.07, 6.45) is 1.11. The van der Waals surface area contributed by atoms with Crippen molar-refractivity contribution in [3.05, 3.63) is 29.7 Å². The van der Waals surface area contributed by atoms with Crippen LogP contribution in [-0.4, -0.2) is 49.5 Å². The minimum Gasteiger partial charge on any atom is -0.454 e. The van der Waals surface area contributed by atoms with Crippen molar-refractivity contribution >= 4 is 22.9 Å². The number of carbonyl (C=O) groups is 2. The molecule has 38 heavy (non-hydrogen) atoms. The zero-order valence-electron chi connectivity index (χ0n) is 23.0. The molecule has 0 bridgehead atoms. The number of fused-ring (bicyclic) bond motifs is 2. The van der Waals surface area contributed by atoms with Crippen molar-refractivity contribution in [3.8, 4) is 0 Å². The van der Waals surface area contributed by atoms with E-state index < -0.39 is 35.0 Å². The maximum Gasteiger partial charge on any atom is 0.306 e. The Hall–Kier alpha value is -2.33. The molecule has 2 fully saturated rings. The lowest BCUT2D eigenvalue weighted by Crippen LogP contribution is -2.42. The first-order valence-electron chi connectivity index (χ1n) is 13.7. The summed E-state index contributed by atoms with van der Waals surface area (Å²) < 4.78 is 17.0. The van der Waals surface area contributed by atoms with Crippen molar-refractivity contribution in [2.75, 3.05) is 0 Å². The molecule has 0 spiro atoms. The van der Waals surface area contributed by atoms with Crippen molar-refractivity contribution in [1.82, 2.24) is 4.98 Å². The van der Waals surface area contributed by atoms with Gasteiger partial charge in [0.2, 0.25) is 11.7 Å². The molecule has 6 unspecified atom stereocenters. The average molecular weight is 532 g/mol. The van der Waals surface area contributed by atoms with Crippen LogP contribution in [0.4, 0.5) is 0 Å².